The van der Waals surface area contributed by atoms with Crippen LogP contribution >= 0.6 is 0 Å². The van der Waals surface area contributed by atoms with Gasteiger partial charge in [-0.05, 0) is 38.5 Å². The molecule has 1 saturated carbocycles. The zero-order valence-corrected chi connectivity index (χ0v) is 9.57. The Bertz CT molecular complexity index is 192. The third-order valence-electron chi connectivity index (χ3n) is 4.13. The summed E-state index contributed by atoms with van der Waals surface area (Å²) < 4.78 is 6.07. The molecular weight excluding hydrogens is 174 g/mol. The topological polar surface area (TPSA) is 21.3 Å². The van der Waals surface area contributed by atoms with Gasteiger partial charge in [-0.1, -0.05) is 20.3 Å². The molecule has 2 heteroatoms. The predicted molar refractivity (Wildman–Crippen MR) is 58.2 cm³/mol. The normalized spacial score (nSPS) is 29.6. The fourth-order valence-corrected chi connectivity index (χ4v) is 2.85. The predicted octanol–water partition coefficient (Wildman–Crippen LogP) is 2.83. The first-order chi connectivity index (χ1) is 6.74. The maximum atomic E-state index is 6.07. The molecule has 14 heavy (non-hydrogen) atoms. The van der Waals surface area contributed by atoms with Gasteiger partial charge in [0.1, 0.15) is 5.72 Å². The number of hydrogen-bond acceptors (Lipinski definition) is 2. The van der Waals surface area contributed by atoms with E-state index >= 15 is 0 Å². The van der Waals surface area contributed by atoms with Crippen LogP contribution in [0.1, 0.15) is 58.8 Å². The van der Waals surface area contributed by atoms with E-state index in [-0.39, 0.29) is 11.3 Å². The largest absolute Gasteiger partial charge is 0.359 e. The fraction of sp³-hybridized carbons (Fsp3) is 1.00. The highest BCUT2D eigenvalue weighted by molar-refractivity contribution is 4.99. The summed E-state index contributed by atoms with van der Waals surface area (Å²) in [5.41, 5.74) is 0.335. The van der Waals surface area contributed by atoms with E-state index in [1.54, 1.807) is 0 Å². The van der Waals surface area contributed by atoms with Crippen LogP contribution in [0.3, 0.4) is 0 Å². The van der Waals surface area contributed by atoms with Crippen molar-refractivity contribution >= 4 is 0 Å². The van der Waals surface area contributed by atoms with Crippen LogP contribution in [0.25, 0.3) is 0 Å². The summed E-state index contributed by atoms with van der Waals surface area (Å²) in [4.78, 5) is 0. The molecule has 0 aromatic carbocycles. The van der Waals surface area contributed by atoms with E-state index in [4.69, 9.17) is 4.74 Å². The summed E-state index contributed by atoms with van der Waals surface area (Å²) in [7, 11) is 0. The van der Waals surface area contributed by atoms with E-state index in [9.17, 15) is 0 Å². The molecule has 2 rings (SSSR count). The molecule has 1 spiro atoms. The van der Waals surface area contributed by atoms with Crippen LogP contribution in [0.2, 0.25) is 0 Å². The second-order valence-corrected chi connectivity index (χ2v) is 4.96. The minimum absolute atomic E-state index is 0.0598. The monoisotopic (exact) mass is 197 g/mol. The second kappa shape index (κ2) is 3.82. The smallest absolute Gasteiger partial charge is 0.119 e. The molecule has 1 saturated heterocycles. The van der Waals surface area contributed by atoms with Crippen molar-refractivity contribution in [3.8, 4) is 0 Å². The molecule has 0 bridgehead atoms. The molecular formula is C12H23NO. The lowest BCUT2D eigenvalue weighted by atomic mass is 9.89. The van der Waals surface area contributed by atoms with Crippen LogP contribution in [0.15, 0.2) is 0 Å². The molecule has 0 amide bonds. The SMILES string of the molecule is CCC1(CC)COC2(CCCCC2)N1. The van der Waals surface area contributed by atoms with Gasteiger partial charge in [0, 0.05) is 5.54 Å². The van der Waals surface area contributed by atoms with Crippen molar-refractivity contribution in [1.82, 2.24) is 5.32 Å². The molecule has 1 aliphatic carbocycles. The average Bonchev–Trinajstić information content (AvgIpc) is 2.60. The number of nitrogens with one attached hydrogen (secondary N) is 1. The first-order valence-electron chi connectivity index (χ1n) is 6.17. The Balaban J connectivity index is 2.04. The van der Waals surface area contributed by atoms with Gasteiger partial charge in [0.05, 0.1) is 6.61 Å². The minimum atomic E-state index is 0.0598. The first kappa shape index (κ1) is 10.4. The fourth-order valence-electron chi connectivity index (χ4n) is 2.85. The highest BCUT2D eigenvalue weighted by atomic mass is 16.5. The molecule has 2 nitrogen and oxygen atoms in total. The van der Waals surface area contributed by atoms with Crippen LogP contribution in [-0.2, 0) is 4.74 Å². The van der Waals surface area contributed by atoms with Crippen molar-refractivity contribution < 1.29 is 4.74 Å². The van der Waals surface area contributed by atoms with Crippen molar-refractivity contribution in [2.75, 3.05) is 6.61 Å². The van der Waals surface area contributed by atoms with E-state index in [1.165, 1.54) is 44.9 Å². The van der Waals surface area contributed by atoms with E-state index in [2.05, 4.69) is 19.2 Å². The highest BCUT2D eigenvalue weighted by Crippen LogP contribution is 2.38. The van der Waals surface area contributed by atoms with Gasteiger partial charge in [-0.3, -0.25) is 5.32 Å². The third-order valence-corrected chi connectivity index (χ3v) is 4.13. The molecule has 2 fully saturated rings. The van der Waals surface area contributed by atoms with Gasteiger partial charge >= 0.3 is 0 Å². The average molecular weight is 197 g/mol. The first-order valence-corrected chi connectivity index (χ1v) is 6.17. The van der Waals surface area contributed by atoms with Crippen molar-refractivity contribution in [3.63, 3.8) is 0 Å². The Morgan fingerprint density at radius 2 is 1.71 bits per heavy atom. The van der Waals surface area contributed by atoms with Crippen molar-refractivity contribution in [1.29, 1.82) is 0 Å². The molecule has 0 unspecified atom stereocenters. The molecule has 1 heterocycles. The summed E-state index contributed by atoms with van der Waals surface area (Å²) in [5, 5.41) is 3.80. The minimum Gasteiger partial charge on any atom is -0.359 e. The maximum absolute atomic E-state index is 6.07. The quantitative estimate of drug-likeness (QED) is 0.735. The Kier molecular flexibility index (Phi) is 2.85. The van der Waals surface area contributed by atoms with Crippen LogP contribution < -0.4 is 5.32 Å². The van der Waals surface area contributed by atoms with Crippen LogP contribution in [0.4, 0.5) is 0 Å². The molecule has 0 radical (unpaired) electrons. The third kappa shape index (κ3) is 1.70. The summed E-state index contributed by atoms with van der Waals surface area (Å²) in [6.07, 6.45) is 8.85. The number of hydrogen-bond donors (Lipinski definition) is 1. The molecule has 1 aliphatic heterocycles. The number of rotatable bonds is 2. The van der Waals surface area contributed by atoms with Gasteiger partial charge in [-0.2, -0.15) is 0 Å². The molecule has 0 aromatic heterocycles. The van der Waals surface area contributed by atoms with E-state index in [0.29, 0.717) is 0 Å². The Labute approximate surface area is 87.4 Å². The molecule has 0 atom stereocenters. The zero-order valence-electron chi connectivity index (χ0n) is 9.57. The van der Waals surface area contributed by atoms with E-state index in [0.717, 1.165) is 6.61 Å². The van der Waals surface area contributed by atoms with Crippen molar-refractivity contribution in [3.05, 3.63) is 0 Å². The highest BCUT2D eigenvalue weighted by Gasteiger charge is 2.46. The summed E-state index contributed by atoms with van der Waals surface area (Å²) >= 11 is 0. The van der Waals surface area contributed by atoms with E-state index in [1.807, 2.05) is 0 Å². The molecule has 1 N–H and O–H groups in total. The Morgan fingerprint density at radius 1 is 1.07 bits per heavy atom. The van der Waals surface area contributed by atoms with Gasteiger partial charge < -0.3 is 4.74 Å². The van der Waals surface area contributed by atoms with Gasteiger partial charge in [-0.25, -0.2) is 0 Å². The lowest BCUT2D eigenvalue weighted by molar-refractivity contribution is -0.0384. The summed E-state index contributed by atoms with van der Waals surface area (Å²) in [5.74, 6) is 0. The second-order valence-electron chi connectivity index (χ2n) is 4.96. The number of ether oxygens (including phenoxy) is 1. The van der Waals surface area contributed by atoms with Gasteiger partial charge in [0.2, 0.25) is 0 Å². The van der Waals surface area contributed by atoms with Crippen molar-refractivity contribution in [2.24, 2.45) is 0 Å². The van der Waals surface area contributed by atoms with Crippen LogP contribution in [-0.4, -0.2) is 17.9 Å². The molecule has 2 aliphatic rings. The van der Waals surface area contributed by atoms with Gasteiger partial charge in [0.15, 0.2) is 0 Å². The summed E-state index contributed by atoms with van der Waals surface area (Å²) in [6.45, 7) is 5.45. The molecule has 0 aromatic rings. The lowest BCUT2D eigenvalue weighted by Crippen LogP contribution is -2.51. The Morgan fingerprint density at radius 3 is 2.21 bits per heavy atom. The lowest BCUT2D eigenvalue weighted by Gasteiger charge is -2.35. The van der Waals surface area contributed by atoms with Gasteiger partial charge in [0.25, 0.3) is 0 Å². The maximum Gasteiger partial charge on any atom is 0.119 e. The molecule has 82 valence electrons. The van der Waals surface area contributed by atoms with Crippen LogP contribution in [0, 0.1) is 0 Å². The summed E-state index contributed by atoms with van der Waals surface area (Å²) in [6, 6.07) is 0. The van der Waals surface area contributed by atoms with Crippen LogP contribution in [0.5, 0.6) is 0 Å². The van der Waals surface area contributed by atoms with Crippen molar-refractivity contribution in [2.45, 2.75) is 70.1 Å². The Hall–Kier alpha value is -0.0800. The van der Waals surface area contributed by atoms with Gasteiger partial charge in [-0.15, -0.1) is 0 Å². The zero-order chi connectivity index (χ0) is 10.1. The van der Waals surface area contributed by atoms with E-state index < -0.39 is 0 Å². The standard InChI is InChI=1S/C12H23NO/c1-3-11(4-2)10-14-12(13-11)8-6-5-7-9-12/h13H,3-10H2,1-2H3.